The number of rotatable bonds is 1. The Morgan fingerprint density at radius 3 is 2.88 bits per heavy atom. The monoisotopic (exact) mass is 219 g/mol. The van der Waals surface area contributed by atoms with Crippen molar-refractivity contribution in [3.8, 4) is 0 Å². The molecule has 1 aromatic rings. The smallest absolute Gasteiger partial charge is 0.247 e. The van der Waals surface area contributed by atoms with Gasteiger partial charge in [-0.3, -0.25) is 19.5 Å². The first-order chi connectivity index (χ1) is 7.59. The van der Waals surface area contributed by atoms with Crippen LogP contribution >= 0.6 is 0 Å². The van der Waals surface area contributed by atoms with E-state index < -0.39 is 6.04 Å². The van der Waals surface area contributed by atoms with Gasteiger partial charge in [0.15, 0.2) is 0 Å². The van der Waals surface area contributed by atoms with Crippen LogP contribution in [0.4, 0.5) is 5.69 Å². The lowest BCUT2D eigenvalue weighted by molar-refractivity contribution is -0.130. The van der Waals surface area contributed by atoms with Crippen molar-refractivity contribution >= 4 is 17.5 Å². The number of nitrogens with zero attached hydrogens (tertiary/aromatic N) is 2. The van der Waals surface area contributed by atoms with Crippen LogP contribution in [0.5, 0.6) is 0 Å². The van der Waals surface area contributed by atoms with Crippen LogP contribution in [0.2, 0.25) is 0 Å². The first-order valence-electron chi connectivity index (χ1n) is 5.11. The maximum absolute atomic E-state index is 11.7. The molecule has 84 valence electrons. The SMILES string of the molecule is Cc1cncc(N2C(=O)CNC(=O)C2C)c1. The van der Waals surface area contributed by atoms with Crippen molar-refractivity contribution in [1.82, 2.24) is 10.3 Å². The van der Waals surface area contributed by atoms with Gasteiger partial charge in [0.25, 0.3) is 0 Å². The lowest BCUT2D eigenvalue weighted by Crippen LogP contribution is -2.57. The number of hydrogen-bond donors (Lipinski definition) is 1. The summed E-state index contributed by atoms with van der Waals surface area (Å²) in [4.78, 5) is 28.7. The Morgan fingerprint density at radius 1 is 1.44 bits per heavy atom. The van der Waals surface area contributed by atoms with Gasteiger partial charge in [0.2, 0.25) is 11.8 Å². The Hall–Kier alpha value is -1.91. The number of pyridine rings is 1. The van der Waals surface area contributed by atoms with Crippen LogP contribution < -0.4 is 10.2 Å². The normalized spacial score (nSPS) is 20.9. The van der Waals surface area contributed by atoms with E-state index in [1.807, 2.05) is 13.0 Å². The van der Waals surface area contributed by atoms with Gasteiger partial charge in [-0.15, -0.1) is 0 Å². The topological polar surface area (TPSA) is 62.3 Å². The molecule has 0 radical (unpaired) electrons. The lowest BCUT2D eigenvalue weighted by Gasteiger charge is -2.32. The van der Waals surface area contributed by atoms with E-state index in [0.29, 0.717) is 5.69 Å². The number of aryl methyl sites for hydroxylation is 1. The van der Waals surface area contributed by atoms with Crippen LogP contribution in [0.25, 0.3) is 0 Å². The number of piperazine rings is 1. The van der Waals surface area contributed by atoms with Gasteiger partial charge < -0.3 is 5.32 Å². The Balaban J connectivity index is 2.37. The standard InChI is InChI=1S/C11H13N3O2/c1-7-3-9(5-12-4-7)14-8(2)11(16)13-6-10(14)15/h3-5,8H,6H2,1-2H3,(H,13,16). The summed E-state index contributed by atoms with van der Waals surface area (Å²) in [7, 11) is 0. The number of carbonyl (C=O) groups is 2. The van der Waals surface area contributed by atoms with E-state index in [1.54, 1.807) is 19.3 Å². The second-order valence-electron chi connectivity index (χ2n) is 3.88. The molecule has 0 saturated carbocycles. The van der Waals surface area contributed by atoms with Crippen molar-refractivity contribution in [2.24, 2.45) is 0 Å². The zero-order valence-electron chi connectivity index (χ0n) is 9.23. The van der Waals surface area contributed by atoms with Gasteiger partial charge in [-0.25, -0.2) is 0 Å². The average Bonchev–Trinajstić information content (AvgIpc) is 2.24. The predicted molar refractivity (Wildman–Crippen MR) is 58.9 cm³/mol. The van der Waals surface area contributed by atoms with Crippen LogP contribution in [0, 0.1) is 6.92 Å². The first kappa shape index (κ1) is 10.6. The maximum Gasteiger partial charge on any atom is 0.247 e. The second-order valence-corrected chi connectivity index (χ2v) is 3.88. The van der Waals surface area contributed by atoms with E-state index in [9.17, 15) is 9.59 Å². The highest BCUT2D eigenvalue weighted by Crippen LogP contribution is 2.19. The van der Waals surface area contributed by atoms with Crippen molar-refractivity contribution in [1.29, 1.82) is 0 Å². The van der Waals surface area contributed by atoms with E-state index in [1.165, 1.54) is 4.90 Å². The third kappa shape index (κ3) is 1.76. The van der Waals surface area contributed by atoms with E-state index in [4.69, 9.17) is 0 Å². The van der Waals surface area contributed by atoms with Crippen LogP contribution in [0.1, 0.15) is 12.5 Å². The molecule has 0 bridgehead atoms. The Kier molecular flexibility index (Phi) is 2.60. The largest absolute Gasteiger partial charge is 0.345 e. The molecule has 0 aromatic carbocycles. The van der Waals surface area contributed by atoms with E-state index in [-0.39, 0.29) is 18.4 Å². The minimum atomic E-state index is -0.482. The summed E-state index contributed by atoms with van der Waals surface area (Å²) in [5.74, 6) is -0.249. The average molecular weight is 219 g/mol. The first-order valence-corrected chi connectivity index (χ1v) is 5.11. The van der Waals surface area contributed by atoms with Crippen molar-refractivity contribution in [2.75, 3.05) is 11.4 Å². The minimum absolute atomic E-state index is 0.0527. The fraction of sp³-hybridized carbons (Fsp3) is 0.364. The molecule has 1 aliphatic rings. The van der Waals surface area contributed by atoms with Crippen molar-refractivity contribution < 1.29 is 9.59 Å². The zero-order chi connectivity index (χ0) is 11.7. The molecule has 2 heterocycles. The molecule has 1 saturated heterocycles. The van der Waals surface area contributed by atoms with Crippen molar-refractivity contribution in [2.45, 2.75) is 19.9 Å². The van der Waals surface area contributed by atoms with Crippen LogP contribution in [-0.4, -0.2) is 29.4 Å². The van der Waals surface area contributed by atoms with Crippen molar-refractivity contribution in [3.05, 3.63) is 24.0 Å². The van der Waals surface area contributed by atoms with Crippen LogP contribution in [0.3, 0.4) is 0 Å². The van der Waals surface area contributed by atoms with Gasteiger partial charge in [0, 0.05) is 6.20 Å². The minimum Gasteiger partial charge on any atom is -0.345 e. The van der Waals surface area contributed by atoms with Crippen LogP contribution in [0.15, 0.2) is 18.5 Å². The lowest BCUT2D eigenvalue weighted by atomic mass is 10.1. The number of amides is 2. The Bertz CT molecular complexity index is 445. The number of nitrogens with one attached hydrogen (secondary N) is 1. The molecule has 5 nitrogen and oxygen atoms in total. The molecule has 1 fully saturated rings. The molecule has 1 atom stereocenters. The molecular formula is C11H13N3O2. The zero-order valence-corrected chi connectivity index (χ0v) is 9.23. The van der Waals surface area contributed by atoms with Crippen LogP contribution in [-0.2, 0) is 9.59 Å². The third-order valence-electron chi connectivity index (χ3n) is 2.59. The fourth-order valence-corrected chi connectivity index (χ4v) is 1.77. The van der Waals surface area contributed by atoms with Gasteiger partial charge >= 0.3 is 0 Å². The molecule has 1 unspecified atom stereocenters. The number of hydrogen-bond acceptors (Lipinski definition) is 3. The molecule has 5 heteroatoms. The van der Waals surface area contributed by atoms with E-state index in [0.717, 1.165) is 5.56 Å². The molecule has 1 N–H and O–H groups in total. The molecule has 2 rings (SSSR count). The summed E-state index contributed by atoms with van der Waals surface area (Å²) in [5, 5.41) is 2.55. The third-order valence-corrected chi connectivity index (χ3v) is 2.59. The predicted octanol–water partition coefficient (Wildman–Crippen LogP) is 0.241. The molecule has 1 aliphatic heterocycles. The van der Waals surface area contributed by atoms with E-state index in [2.05, 4.69) is 10.3 Å². The molecule has 1 aromatic heterocycles. The highest BCUT2D eigenvalue weighted by atomic mass is 16.2. The fourth-order valence-electron chi connectivity index (χ4n) is 1.77. The van der Waals surface area contributed by atoms with E-state index >= 15 is 0 Å². The van der Waals surface area contributed by atoms with Gasteiger partial charge in [-0.2, -0.15) is 0 Å². The summed E-state index contributed by atoms with van der Waals surface area (Å²) < 4.78 is 0. The highest BCUT2D eigenvalue weighted by Gasteiger charge is 2.32. The Labute approximate surface area is 93.5 Å². The summed E-state index contributed by atoms with van der Waals surface area (Å²) in [6.45, 7) is 3.65. The molecular weight excluding hydrogens is 206 g/mol. The summed E-state index contributed by atoms with van der Waals surface area (Å²) in [6, 6.07) is 1.37. The summed E-state index contributed by atoms with van der Waals surface area (Å²) >= 11 is 0. The number of anilines is 1. The van der Waals surface area contributed by atoms with Crippen molar-refractivity contribution in [3.63, 3.8) is 0 Å². The number of aromatic nitrogens is 1. The molecule has 16 heavy (non-hydrogen) atoms. The van der Waals surface area contributed by atoms with Gasteiger partial charge in [0.05, 0.1) is 18.4 Å². The highest BCUT2D eigenvalue weighted by molar-refractivity contribution is 6.06. The van der Waals surface area contributed by atoms with Gasteiger partial charge in [-0.1, -0.05) is 0 Å². The quantitative estimate of drug-likeness (QED) is 0.736. The summed E-state index contributed by atoms with van der Waals surface area (Å²) in [6.07, 6.45) is 3.31. The van der Waals surface area contributed by atoms with Gasteiger partial charge in [-0.05, 0) is 25.5 Å². The second kappa shape index (κ2) is 3.92. The Morgan fingerprint density at radius 2 is 2.19 bits per heavy atom. The maximum atomic E-state index is 11.7. The molecule has 0 spiro atoms. The molecule has 2 amide bonds. The van der Waals surface area contributed by atoms with Gasteiger partial charge in [0.1, 0.15) is 6.04 Å². The molecule has 0 aliphatic carbocycles. The number of carbonyl (C=O) groups excluding carboxylic acids is 2. The summed E-state index contributed by atoms with van der Waals surface area (Å²) in [5.41, 5.74) is 1.64.